The zero-order chi connectivity index (χ0) is 19.7. The number of rotatable bonds is 7. The Balaban J connectivity index is 2.07. The first-order valence-corrected chi connectivity index (χ1v) is 9.31. The maximum absolute atomic E-state index is 6.13. The average molecular weight is 363 g/mol. The predicted molar refractivity (Wildman–Crippen MR) is 112 cm³/mol. The third-order valence-corrected chi connectivity index (χ3v) is 3.94. The zero-order valence-corrected chi connectivity index (χ0v) is 17.1. The van der Waals surface area contributed by atoms with Gasteiger partial charge in [0.05, 0.1) is 12.2 Å². The molecule has 0 N–H and O–H groups in total. The lowest BCUT2D eigenvalue weighted by Gasteiger charge is -2.19. The van der Waals surface area contributed by atoms with E-state index in [1.54, 1.807) is 0 Å². The summed E-state index contributed by atoms with van der Waals surface area (Å²) in [6.07, 6.45) is 3.72. The molecule has 2 aromatic rings. The van der Waals surface area contributed by atoms with Crippen LogP contribution in [0.3, 0.4) is 0 Å². The molecule has 142 valence electrons. The van der Waals surface area contributed by atoms with E-state index in [0.29, 0.717) is 13.2 Å². The maximum atomic E-state index is 6.13. The van der Waals surface area contributed by atoms with Gasteiger partial charge in [-0.3, -0.25) is 9.88 Å². The molecule has 3 nitrogen and oxygen atoms in total. The van der Waals surface area contributed by atoms with Crippen molar-refractivity contribution in [2.75, 3.05) is 13.6 Å². The molecule has 0 aliphatic rings. The number of aryl methyl sites for hydroxylation is 1. The van der Waals surface area contributed by atoms with Crippen LogP contribution in [0.25, 0.3) is 0 Å². The first-order chi connectivity index (χ1) is 12.8. The smallest absolute Gasteiger partial charge is 0.119 e. The minimum Gasteiger partial charge on any atom is -0.491 e. The molecule has 0 saturated carbocycles. The molecule has 0 fully saturated rings. The van der Waals surface area contributed by atoms with Crippen molar-refractivity contribution in [1.82, 2.24) is 9.88 Å². The van der Waals surface area contributed by atoms with Gasteiger partial charge in [0.15, 0.2) is 0 Å². The minimum atomic E-state index is -0.0303. The molecule has 1 heterocycles. The van der Waals surface area contributed by atoms with E-state index in [9.17, 15) is 0 Å². The molecule has 0 amide bonds. The Morgan fingerprint density at radius 2 is 1.89 bits per heavy atom. The summed E-state index contributed by atoms with van der Waals surface area (Å²) in [4.78, 5) is 6.58. The number of aromatic nitrogens is 1. The van der Waals surface area contributed by atoms with Crippen LogP contribution in [0.4, 0.5) is 0 Å². The van der Waals surface area contributed by atoms with Crippen molar-refractivity contribution < 1.29 is 4.74 Å². The summed E-state index contributed by atoms with van der Waals surface area (Å²) in [6, 6.07) is 14.3. The van der Waals surface area contributed by atoms with E-state index in [2.05, 4.69) is 68.6 Å². The molecule has 0 aliphatic carbocycles. The van der Waals surface area contributed by atoms with E-state index in [-0.39, 0.29) is 5.41 Å². The van der Waals surface area contributed by atoms with Crippen LogP contribution >= 0.6 is 0 Å². The summed E-state index contributed by atoms with van der Waals surface area (Å²) in [5.74, 6) is 7.28. The fraction of sp³-hybridized carbons (Fsp3) is 0.375. The Morgan fingerprint density at radius 3 is 2.56 bits per heavy atom. The molecule has 0 bridgehead atoms. The monoisotopic (exact) mass is 362 g/mol. The van der Waals surface area contributed by atoms with Crippen molar-refractivity contribution in [3.63, 3.8) is 0 Å². The highest BCUT2D eigenvalue weighted by Crippen LogP contribution is 2.13. The molecule has 2 rings (SSSR count). The van der Waals surface area contributed by atoms with Crippen LogP contribution in [-0.4, -0.2) is 23.5 Å². The van der Waals surface area contributed by atoms with Crippen molar-refractivity contribution in [2.45, 2.75) is 40.8 Å². The van der Waals surface area contributed by atoms with Gasteiger partial charge in [-0.1, -0.05) is 42.2 Å². The van der Waals surface area contributed by atoms with Crippen molar-refractivity contribution in [3.05, 3.63) is 77.3 Å². The summed E-state index contributed by atoms with van der Waals surface area (Å²) in [7, 11) is 2.07. The van der Waals surface area contributed by atoms with Gasteiger partial charge in [0.2, 0.25) is 0 Å². The Labute approximate surface area is 164 Å². The standard InChI is InChI=1S/C24H30N2O/c1-20-11-6-7-12-21(20)19-27-23(14-10-15-24(2,3)4)18-26(5)17-22-13-8-9-16-25-22/h6-9,11-14,16H,17-19H2,1-5H3/b23-14+. The highest BCUT2D eigenvalue weighted by Gasteiger charge is 2.08. The van der Waals surface area contributed by atoms with Gasteiger partial charge < -0.3 is 4.74 Å². The first-order valence-electron chi connectivity index (χ1n) is 9.31. The van der Waals surface area contributed by atoms with Crippen LogP contribution in [-0.2, 0) is 17.9 Å². The maximum Gasteiger partial charge on any atom is 0.119 e. The number of benzene rings is 1. The first kappa shape index (κ1) is 20.7. The lowest BCUT2D eigenvalue weighted by Crippen LogP contribution is -2.22. The number of pyridine rings is 1. The van der Waals surface area contributed by atoms with Gasteiger partial charge in [-0.2, -0.15) is 0 Å². The van der Waals surface area contributed by atoms with E-state index < -0.39 is 0 Å². The SMILES string of the molecule is Cc1ccccc1CO/C(=C/C#CC(C)(C)C)CN(C)Cc1ccccn1. The van der Waals surface area contributed by atoms with Crippen molar-refractivity contribution in [3.8, 4) is 11.8 Å². The Bertz CT molecular complexity index is 808. The molecular formula is C24H30N2O. The fourth-order valence-corrected chi connectivity index (χ4v) is 2.50. The van der Waals surface area contributed by atoms with Gasteiger partial charge in [0, 0.05) is 24.2 Å². The van der Waals surface area contributed by atoms with E-state index in [4.69, 9.17) is 4.74 Å². The normalized spacial score (nSPS) is 11.9. The van der Waals surface area contributed by atoms with Crippen LogP contribution in [0.5, 0.6) is 0 Å². The highest BCUT2D eigenvalue weighted by molar-refractivity contribution is 5.26. The third kappa shape index (κ3) is 8.11. The van der Waals surface area contributed by atoms with Crippen molar-refractivity contribution >= 4 is 0 Å². The van der Waals surface area contributed by atoms with Gasteiger partial charge in [0.1, 0.15) is 12.4 Å². The third-order valence-electron chi connectivity index (χ3n) is 3.94. The average Bonchev–Trinajstić information content (AvgIpc) is 2.60. The topological polar surface area (TPSA) is 25.4 Å². The molecule has 0 spiro atoms. The number of allylic oxidation sites excluding steroid dienone is 1. The van der Waals surface area contributed by atoms with E-state index >= 15 is 0 Å². The largest absolute Gasteiger partial charge is 0.491 e. The molecule has 0 saturated heterocycles. The van der Waals surface area contributed by atoms with Crippen LogP contribution in [0.1, 0.15) is 37.6 Å². The second-order valence-corrected chi connectivity index (χ2v) is 7.84. The summed E-state index contributed by atoms with van der Waals surface area (Å²) >= 11 is 0. The van der Waals surface area contributed by atoms with Gasteiger partial charge in [0.25, 0.3) is 0 Å². The van der Waals surface area contributed by atoms with E-state index in [1.165, 1.54) is 11.1 Å². The Kier molecular flexibility index (Phi) is 7.64. The van der Waals surface area contributed by atoms with E-state index in [0.717, 1.165) is 18.0 Å². The zero-order valence-electron chi connectivity index (χ0n) is 17.1. The second kappa shape index (κ2) is 9.94. The quantitative estimate of drug-likeness (QED) is 0.513. The lowest BCUT2D eigenvalue weighted by atomic mass is 9.98. The molecule has 0 aliphatic heterocycles. The van der Waals surface area contributed by atoms with Gasteiger partial charge >= 0.3 is 0 Å². The number of ether oxygens (including phenoxy) is 1. The fourth-order valence-electron chi connectivity index (χ4n) is 2.50. The molecule has 1 aromatic carbocycles. The lowest BCUT2D eigenvalue weighted by molar-refractivity contribution is 0.166. The Hall–Kier alpha value is -2.57. The number of hydrogen-bond donors (Lipinski definition) is 0. The van der Waals surface area contributed by atoms with Crippen LogP contribution in [0.2, 0.25) is 0 Å². The van der Waals surface area contributed by atoms with Crippen LogP contribution < -0.4 is 0 Å². The van der Waals surface area contributed by atoms with Crippen molar-refractivity contribution in [2.24, 2.45) is 5.41 Å². The molecule has 0 radical (unpaired) electrons. The molecule has 1 aromatic heterocycles. The summed E-state index contributed by atoms with van der Waals surface area (Å²) < 4.78 is 6.13. The molecule has 3 heteroatoms. The predicted octanol–water partition coefficient (Wildman–Crippen LogP) is 4.97. The van der Waals surface area contributed by atoms with Gasteiger partial charge in [-0.15, -0.1) is 0 Å². The minimum absolute atomic E-state index is 0.0303. The van der Waals surface area contributed by atoms with Gasteiger partial charge in [-0.05, 0) is 58.0 Å². The number of nitrogens with zero attached hydrogens (tertiary/aromatic N) is 2. The van der Waals surface area contributed by atoms with Crippen LogP contribution in [0, 0.1) is 24.2 Å². The molecule has 0 atom stereocenters. The molecule has 27 heavy (non-hydrogen) atoms. The Morgan fingerprint density at radius 1 is 1.15 bits per heavy atom. The summed E-state index contributed by atoms with van der Waals surface area (Å²) in [6.45, 7) is 10.4. The summed E-state index contributed by atoms with van der Waals surface area (Å²) in [5.41, 5.74) is 3.44. The highest BCUT2D eigenvalue weighted by atomic mass is 16.5. The van der Waals surface area contributed by atoms with Gasteiger partial charge in [-0.25, -0.2) is 0 Å². The van der Waals surface area contributed by atoms with Crippen molar-refractivity contribution in [1.29, 1.82) is 0 Å². The second-order valence-electron chi connectivity index (χ2n) is 7.84. The molecular weight excluding hydrogens is 332 g/mol. The van der Waals surface area contributed by atoms with Crippen LogP contribution in [0.15, 0.2) is 60.5 Å². The summed E-state index contributed by atoms with van der Waals surface area (Å²) in [5, 5.41) is 0. The number of likely N-dealkylation sites (N-methyl/N-ethyl adjacent to an activating group) is 1. The number of hydrogen-bond acceptors (Lipinski definition) is 3. The molecule has 0 unspecified atom stereocenters. The van der Waals surface area contributed by atoms with E-state index in [1.807, 2.05) is 42.6 Å².